The van der Waals surface area contributed by atoms with Gasteiger partial charge in [-0.05, 0) is 19.1 Å². The number of esters is 1. The standard InChI is InChI=1S/C15H21NO6/c1-6-22-15(18)12(16-9(2)17)10-7-8-11(19-3)14(21-5)13(10)20-4/h7-8,12H,6H2,1-5H3,(H,16,17)/t12-/m1/s1. The van der Waals surface area contributed by atoms with Gasteiger partial charge in [-0.2, -0.15) is 0 Å². The molecule has 1 aromatic rings. The number of amides is 1. The molecule has 0 aliphatic carbocycles. The average Bonchev–Trinajstić information content (AvgIpc) is 2.50. The maximum Gasteiger partial charge on any atom is 0.333 e. The highest BCUT2D eigenvalue weighted by molar-refractivity contribution is 5.85. The van der Waals surface area contributed by atoms with Gasteiger partial charge < -0.3 is 24.3 Å². The molecule has 0 saturated carbocycles. The number of benzene rings is 1. The Balaban J connectivity index is 3.40. The minimum Gasteiger partial charge on any atom is -0.493 e. The Kier molecular flexibility index (Phi) is 6.49. The Labute approximate surface area is 129 Å². The van der Waals surface area contributed by atoms with E-state index in [4.69, 9.17) is 18.9 Å². The van der Waals surface area contributed by atoms with E-state index in [-0.39, 0.29) is 12.5 Å². The molecule has 1 rings (SSSR count). The molecule has 122 valence electrons. The number of carbonyl (C=O) groups excluding carboxylic acids is 2. The summed E-state index contributed by atoms with van der Waals surface area (Å²) in [6, 6.07) is 2.26. The van der Waals surface area contributed by atoms with Crippen molar-refractivity contribution in [3.05, 3.63) is 17.7 Å². The monoisotopic (exact) mass is 311 g/mol. The molecule has 22 heavy (non-hydrogen) atoms. The molecule has 0 spiro atoms. The van der Waals surface area contributed by atoms with Gasteiger partial charge in [-0.15, -0.1) is 0 Å². The molecule has 1 atom stereocenters. The second-order valence-corrected chi connectivity index (χ2v) is 4.31. The third-order valence-electron chi connectivity index (χ3n) is 2.92. The highest BCUT2D eigenvalue weighted by Crippen LogP contribution is 2.42. The zero-order valence-corrected chi connectivity index (χ0v) is 13.4. The van der Waals surface area contributed by atoms with Gasteiger partial charge >= 0.3 is 5.97 Å². The minimum absolute atomic E-state index is 0.199. The van der Waals surface area contributed by atoms with Gasteiger partial charge in [0.1, 0.15) is 0 Å². The van der Waals surface area contributed by atoms with Gasteiger partial charge in [-0.1, -0.05) is 0 Å². The summed E-state index contributed by atoms with van der Waals surface area (Å²) in [5, 5.41) is 2.55. The van der Waals surface area contributed by atoms with Crippen LogP contribution in [0.4, 0.5) is 0 Å². The van der Waals surface area contributed by atoms with Crippen LogP contribution in [0.1, 0.15) is 25.5 Å². The lowest BCUT2D eigenvalue weighted by molar-refractivity contribution is -0.147. The van der Waals surface area contributed by atoms with Crippen molar-refractivity contribution in [2.45, 2.75) is 19.9 Å². The highest BCUT2D eigenvalue weighted by Gasteiger charge is 2.29. The van der Waals surface area contributed by atoms with Gasteiger partial charge in [0, 0.05) is 12.5 Å². The minimum atomic E-state index is -0.993. The Hall–Kier alpha value is -2.44. The van der Waals surface area contributed by atoms with E-state index in [1.807, 2.05) is 0 Å². The van der Waals surface area contributed by atoms with Crippen molar-refractivity contribution in [1.29, 1.82) is 0 Å². The van der Waals surface area contributed by atoms with Crippen molar-refractivity contribution in [2.24, 2.45) is 0 Å². The van der Waals surface area contributed by atoms with Crippen molar-refractivity contribution in [3.63, 3.8) is 0 Å². The molecule has 0 aromatic heterocycles. The van der Waals surface area contributed by atoms with Crippen LogP contribution in [0, 0.1) is 0 Å². The molecule has 1 aromatic carbocycles. The molecule has 7 heteroatoms. The van der Waals surface area contributed by atoms with E-state index in [1.165, 1.54) is 28.3 Å². The van der Waals surface area contributed by atoms with Gasteiger partial charge in [0.2, 0.25) is 11.7 Å². The van der Waals surface area contributed by atoms with Crippen LogP contribution in [0.15, 0.2) is 12.1 Å². The van der Waals surface area contributed by atoms with Crippen molar-refractivity contribution in [2.75, 3.05) is 27.9 Å². The molecular weight excluding hydrogens is 290 g/mol. The van der Waals surface area contributed by atoms with Crippen LogP contribution in [-0.2, 0) is 14.3 Å². The molecule has 1 N–H and O–H groups in total. The molecule has 1 amide bonds. The van der Waals surface area contributed by atoms with Crippen LogP contribution in [0.2, 0.25) is 0 Å². The third-order valence-corrected chi connectivity index (χ3v) is 2.92. The van der Waals surface area contributed by atoms with Crippen LogP contribution in [0.25, 0.3) is 0 Å². The number of methoxy groups -OCH3 is 3. The lowest BCUT2D eigenvalue weighted by Gasteiger charge is -2.21. The first-order valence-corrected chi connectivity index (χ1v) is 6.72. The van der Waals surface area contributed by atoms with Gasteiger partial charge in [-0.25, -0.2) is 4.79 Å². The Morgan fingerprint density at radius 1 is 1.09 bits per heavy atom. The first-order valence-electron chi connectivity index (χ1n) is 6.72. The van der Waals surface area contributed by atoms with Gasteiger partial charge in [-0.3, -0.25) is 4.79 Å². The predicted molar refractivity (Wildman–Crippen MR) is 79.3 cm³/mol. The van der Waals surface area contributed by atoms with Crippen molar-refractivity contribution < 1.29 is 28.5 Å². The van der Waals surface area contributed by atoms with Gasteiger partial charge in [0.25, 0.3) is 0 Å². The summed E-state index contributed by atoms with van der Waals surface area (Å²) in [7, 11) is 4.40. The number of hydrogen-bond donors (Lipinski definition) is 1. The fraction of sp³-hybridized carbons (Fsp3) is 0.467. The summed E-state index contributed by atoms with van der Waals surface area (Å²) in [6.07, 6.45) is 0. The van der Waals surface area contributed by atoms with E-state index in [2.05, 4.69) is 5.32 Å². The number of carbonyl (C=O) groups is 2. The van der Waals surface area contributed by atoms with Crippen molar-refractivity contribution >= 4 is 11.9 Å². The zero-order chi connectivity index (χ0) is 16.7. The fourth-order valence-electron chi connectivity index (χ4n) is 2.04. The molecular formula is C15H21NO6. The number of ether oxygens (including phenoxy) is 4. The lowest BCUT2D eigenvalue weighted by atomic mass is 10.0. The van der Waals surface area contributed by atoms with Crippen molar-refractivity contribution in [3.8, 4) is 17.2 Å². The van der Waals surface area contributed by atoms with Crippen LogP contribution in [0.5, 0.6) is 17.2 Å². The first-order chi connectivity index (χ1) is 10.5. The zero-order valence-electron chi connectivity index (χ0n) is 13.4. The van der Waals surface area contributed by atoms with E-state index in [1.54, 1.807) is 19.1 Å². The van der Waals surface area contributed by atoms with Crippen LogP contribution < -0.4 is 19.5 Å². The normalized spacial score (nSPS) is 11.3. The van der Waals surface area contributed by atoms with Crippen molar-refractivity contribution in [1.82, 2.24) is 5.32 Å². The van der Waals surface area contributed by atoms with E-state index in [0.29, 0.717) is 22.8 Å². The SMILES string of the molecule is CCOC(=O)[C@H](NC(C)=O)c1ccc(OC)c(OC)c1OC. The smallest absolute Gasteiger partial charge is 0.333 e. The summed E-state index contributed by atoms with van der Waals surface area (Å²) in [4.78, 5) is 23.5. The summed E-state index contributed by atoms with van der Waals surface area (Å²) in [5.41, 5.74) is 0.425. The van der Waals surface area contributed by atoms with Crippen LogP contribution in [0.3, 0.4) is 0 Å². The topological polar surface area (TPSA) is 83.1 Å². The first kappa shape index (κ1) is 17.6. The maximum atomic E-state index is 12.1. The summed E-state index contributed by atoms with van der Waals surface area (Å²) >= 11 is 0. The Morgan fingerprint density at radius 2 is 1.73 bits per heavy atom. The predicted octanol–water partition coefficient (Wildman–Crippen LogP) is 1.45. The Bertz CT molecular complexity index is 543. The van der Waals surface area contributed by atoms with E-state index >= 15 is 0 Å². The fourth-order valence-corrected chi connectivity index (χ4v) is 2.04. The average molecular weight is 311 g/mol. The highest BCUT2D eigenvalue weighted by atomic mass is 16.5. The molecule has 0 bridgehead atoms. The third kappa shape index (κ3) is 3.81. The molecule has 0 heterocycles. The molecule has 0 radical (unpaired) electrons. The molecule has 0 aliphatic heterocycles. The summed E-state index contributed by atoms with van der Waals surface area (Å²) in [5.74, 6) is 0.141. The quantitative estimate of drug-likeness (QED) is 0.768. The molecule has 0 saturated heterocycles. The summed E-state index contributed by atoms with van der Waals surface area (Å²) in [6.45, 7) is 3.21. The van der Waals surface area contributed by atoms with E-state index < -0.39 is 12.0 Å². The van der Waals surface area contributed by atoms with E-state index in [0.717, 1.165) is 0 Å². The number of nitrogens with one attached hydrogen (secondary N) is 1. The lowest BCUT2D eigenvalue weighted by Crippen LogP contribution is -2.33. The second kappa shape index (κ2) is 8.11. The number of hydrogen-bond acceptors (Lipinski definition) is 6. The molecule has 0 fully saturated rings. The molecule has 0 unspecified atom stereocenters. The van der Waals surface area contributed by atoms with Crippen LogP contribution >= 0.6 is 0 Å². The maximum absolute atomic E-state index is 12.1. The van der Waals surface area contributed by atoms with Crippen LogP contribution in [-0.4, -0.2) is 39.8 Å². The summed E-state index contributed by atoms with van der Waals surface area (Å²) < 4.78 is 20.8. The second-order valence-electron chi connectivity index (χ2n) is 4.31. The van der Waals surface area contributed by atoms with Gasteiger partial charge in [0.05, 0.1) is 27.9 Å². The van der Waals surface area contributed by atoms with E-state index in [9.17, 15) is 9.59 Å². The molecule has 7 nitrogen and oxygen atoms in total. The molecule has 0 aliphatic rings. The van der Waals surface area contributed by atoms with Gasteiger partial charge in [0.15, 0.2) is 17.5 Å². The Morgan fingerprint density at radius 3 is 2.18 bits per heavy atom. The largest absolute Gasteiger partial charge is 0.493 e. The number of rotatable bonds is 7.